The second kappa shape index (κ2) is 16.6. The van der Waals surface area contributed by atoms with Gasteiger partial charge in [-0.2, -0.15) is 18.3 Å². The molecular formula is C31H33ClF3N5O8. The number of carboxylic acid groups (broad SMARTS) is 1. The Morgan fingerprint density at radius 2 is 1.58 bits per heavy atom. The fourth-order valence-electron chi connectivity index (χ4n) is 4.13. The van der Waals surface area contributed by atoms with Gasteiger partial charge in [-0.05, 0) is 42.7 Å². The predicted molar refractivity (Wildman–Crippen MR) is 164 cm³/mol. The van der Waals surface area contributed by atoms with Gasteiger partial charge in [-0.15, -0.1) is 0 Å². The number of ether oxygens (including phenoxy) is 2. The molecule has 0 unspecified atom stereocenters. The molecule has 13 nitrogen and oxygen atoms in total. The second-order valence-electron chi connectivity index (χ2n) is 10.8. The van der Waals surface area contributed by atoms with Crippen LogP contribution in [0.3, 0.4) is 0 Å². The highest BCUT2D eigenvalue weighted by molar-refractivity contribution is 6.30. The van der Waals surface area contributed by atoms with Crippen molar-refractivity contribution in [2.45, 2.75) is 58.1 Å². The number of hydrogen-bond acceptors (Lipinski definition) is 8. The van der Waals surface area contributed by atoms with Gasteiger partial charge in [-0.25, -0.2) is 9.48 Å². The van der Waals surface area contributed by atoms with Crippen LogP contribution in [0.4, 0.5) is 18.0 Å². The molecule has 258 valence electrons. The monoisotopic (exact) mass is 695 g/mol. The number of alkyl carbamates (subject to hydrolysis) is 1. The third-order valence-corrected chi connectivity index (χ3v) is 6.92. The van der Waals surface area contributed by atoms with Gasteiger partial charge in [0.15, 0.2) is 18.1 Å². The molecule has 4 N–H and O–H groups in total. The lowest BCUT2D eigenvalue weighted by Gasteiger charge is -2.24. The third-order valence-electron chi connectivity index (χ3n) is 6.67. The number of nitrogens with one attached hydrogen (secondary N) is 3. The Kier molecular flexibility index (Phi) is 12.9. The van der Waals surface area contributed by atoms with Crippen LogP contribution in [0.15, 0.2) is 60.7 Å². The minimum absolute atomic E-state index is 0.0480. The van der Waals surface area contributed by atoms with Crippen molar-refractivity contribution in [1.82, 2.24) is 25.7 Å². The summed E-state index contributed by atoms with van der Waals surface area (Å²) < 4.78 is 51.5. The number of aliphatic carboxylic acids is 1. The lowest BCUT2D eigenvalue weighted by molar-refractivity contribution is -0.142. The molecule has 0 aliphatic rings. The van der Waals surface area contributed by atoms with Gasteiger partial charge in [0.1, 0.15) is 24.7 Å². The van der Waals surface area contributed by atoms with E-state index in [2.05, 4.69) is 21.0 Å². The zero-order valence-electron chi connectivity index (χ0n) is 25.9. The first-order valence-corrected chi connectivity index (χ1v) is 14.8. The minimum Gasteiger partial charge on any atom is -0.481 e. The average Bonchev–Trinajstić information content (AvgIpc) is 3.46. The Hall–Kier alpha value is -5.12. The van der Waals surface area contributed by atoms with Crippen LogP contribution in [0.2, 0.25) is 5.02 Å². The lowest BCUT2D eigenvalue weighted by Crippen LogP contribution is -2.56. The van der Waals surface area contributed by atoms with Crippen molar-refractivity contribution in [2.75, 3.05) is 6.61 Å². The van der Waals surface area contributed by atoms with Crippen molar-refractivity contribution in [2.24, 2.45) is 5.92 Å². The zero-order valence-corrected chi connectivity index (χ0v) is 26.7. The highest BCUT2D eigenvalue weighted by Crippen LogP contribution is 2.32. The number of halogens is 4. The van der Waals surface area contributed by atoms with Crippen LogP contribution < -0.4 is 20.7 Å². The van der Waals surface area contributed by atoms with Crippen LogP contribution in [0, 0.1) is 5.92 Å². The summed E-state index contributed by atoms with van der Waals surface area (Å²) in [6.45, 7) is 3.56. The number of rotatable bonds is 15. The van der Waals surface area contributed by atoms with Gasteiger partial charge in [0.05, 0.1) is 12.1 Å². The number of carbonyl (C=O) groups is 5. The first-order chi connectivity index (χ1) is 22.5. The number of Topliss-reactive ketones (excluding diaryl/α,β-unsaturated/α-hetero) is 1. The van der Waals surface area contributed by atoms with Crippen molar-refractivity contribution in [3.8, 4) is 11.6 Å². The summed E-state index contributed by atoms with van der Waals surface area (Å²) in [7, 11) is 0. The van der Waals surface area contributed by atoms with Crippen LogP contribution in [0.1, 0.15) is 38.4 Å². The number of alkyl halides is 3. The molecule has 3 amide bonds. The molecule has 17 heteroatoms. The van der Waals surface area contributed by atoms with Crippen molar-refractivity contribution in [3.63, 3.8) is 0 Å². The molecule has 0 fully saturated rings. The number of carboxylic acids is 1. The van der Waals surface area contributed by atoms with Crippen molar-refractivity contribution in [1.29, 1.82) is 0 Å². The fourth-order valence-corrected chi connectivity index (χ4v) is 4.26. The van der Waals surface area contributed by atoms with Gasteiger partial charge in [0.2, 0.25) is 17.7 Å². The van der Waals surface area contributed by atoms with E-state index in [0.29, 0.717) is 11.1 Å². The van der Waals surface area contributed by atoms with Crippen LogP contribution >= 0.6 is 11.6 Å². The van der Waals surface area contributed by atoms with Crippen LogP contribution in [0.5, 0.6) is 5.88 Å². The quantitative estimate of drug-likeness (QED) is 0.184. The Balaban J connectivity index is 1.64. The van der Waals surface area contributed by atoms with E-state index in [4.69, 9.17) is 21.1 Å². The molecule has 0 saturated carbocycles. The summed E-state index contributed by atoms with van der Waals surface area (Å²) in [6.07, 6.45) is -6.63. The number of carbonyl (C=O) groups excluding carboxylic acids is 4. The van der Waals surface area contributed by atoms with Crippen molar-refractivity contribution < 1.29 is 51.7 Å². The average molecular weight is 696 g/mol. The Labute approximate surface area is 277 Å². The maximum atomic E-state index is 13.4. The molecule has 0 radical (unpaired) electrons. The molecule has 2 aromatic carbocycles. The number of amides is 3. The van der Waals surface area contributed by atoms with Gasteiger partial charge in [-0.3, -0.25) is 19.2 Å². The minimum atomic E-state index is -4.85. The van der Waals surface area contributed by atoms with E-state index in [1.807, 2.05) is 0 Å². The van der Waals surface area contributed by atoms with Gasteiger partial charge in [-0.1, -0.05) is 55.8 Å². The number of ketones is 1. The van der Waals surface area contributed by atoms with E-state index in [9.17, 15) is 42.3 Å². The fraction of sp³-hybridized carbons (Fsp3) is 0.355. The first-order valence-electron chi connectivity index (χ1n) is 14.4. The van der Waals surface area contributed by atoms with E-state index in [1.165, 1.54) is 31.2 Å². The lowest BCUT2D eigenvalue weighted by atomic mass is 10.0. The van der Waals surface area contributed by atoms with E-state index in [0.717, 1.165) is 10.2 Å². The maximum absolute atomic E-state index is 13.4. The number of nitrogens with zero attached hydrogens (tertiary/aromatic N) is 2. The summed E-state index contributed by atoms with van der Waals surface area (Å²) in [5.74, 6) is -5.12. The summed E-state index contributed by atoms with van der Waals surface area (Å²) in [4.78, 5) is 62.7. The van der Waals surface area contributed by atoms with Crippen molar-refractivity contribution in [3.05, 3.63) is 76.9 Å². The van der Waals surface area contributed by atoms with E-state index in [1.54, 1.807) is 44.2 Å². The highest BCUT2D eigenvalue weighted by atomic mass is 35.5. The maximum Gasteiger partial charge on any atom is 0.435 e. The first kappa shape index (κ1) is 37.3. The number of aromatic nitrogens is 2. The topological polar surface area (TPSA) is 178 Å². The zero-order chi connectivity index (χ0) is 35.6. The van der Waals surface area contributed by atoms with Crippen molar-refractivity contribution >= 4 is 41.3 Å². The smallest absolute Gasteiger partial charge is 0.435 e. The highest BCUT2D eigenvalue weighted by Gasteiger charge is 2.36. The Morgan fingerprint density at radius 3 is 2.17 bits per heavy atom. The molecule has 1 aromatic heterocycles. The molecule has 48 heavy (non-hydrogen) atoms. The molecule has 3 rings (SSSR count). The SMILES string of the molecule is CC(C)[C@H](NC(=O)OCc1ccccc1)C(=O)N[C@@H](C)C(=O)N[C@@H](CC(=O)O)C(=O)COc1cc(C(F)(F)F)nn1-c1ccc(Cl)cc1. The van der Waals surface area contributed by atoms with Crippen LogP contribution in [0.25, 0.3) is 5.69 Å². The Bertz CT molecular complexity index is 1600. The molecule has 3 atom stereocenters. The standard InChI is InChI=1S/C31H33ClF3N5O8/c1-17(2)27(38-30(46)48-15-19-7-5-4-6-8-19)29(45)36-18(3)28(44)37-22(13-26(42)43)23(41)16-47-25-14-24(31(33,34)35)39-40(25)21-11-9-20(32)10-12-21/h4-12,14,17-18,22,27H,13,15-16H2,1-3H3,(H,36,45)(H,37,44)(H,38,46)(H,42,43)/t18-,22-,27-/m0/s1. The summed E-state index contributed by atoms with van der Waals surface area (Å²) in [6, 6.07) is 10.8. The molecular weight excluding hydrogens is 663 g/mol. The van der Waals surface area contributed by atoms with E-state index in [-0.39, 0.29) is 12.3 Å². The molecule has 1 heterocycles. The largest absolute Gasteiger partial charge is 0.481 e. The summed E-state index contributed by atoms with van der Waals surface area (Å²) in [5, 5.41) is 20.2. The second-order valence-corrected chi connectivity index (χ2v) is 11.3. The number of hydrogen-bond donors (Lipinski definition) is 4. The Morgan fingerprint density at radius 1 is 0.938 bits per heavy atom. The summed E-state index contributed by atoms with van der Waals surface area (Å²) >= 11 is 5.85. The molecule has 0 aliphatic carbocycles. The molecule has 3 aromatic rings. The molecule has 0 aliphatic heterocycles. The van der Waals surface area contributed by atoms with Gasteiger partial charge in [0.25, 0.3) is 0 Å². The third kappa shape index (κ3) is 11.0. The van der Waals surface area contributed by atoms with Crippen LogP contribution in [-0.2, 0) is 36.7 Å². The molecule has 0 saturated heterocycles. The molecule has 0 bridgehead atoms. The van der Waals surface area contributed by atoms with Crippen LogP contribution in [-0.4, -0.2) is 69.3 Å². The summed E-state index contributed by atoms with van der Waals surface area (Å²) in [5.41, 5.74) is -0.480. The van der Waals surface area contributed by atoms with E-state index < -0.39 is 84.5 Å². The normalized spacial score (nSPS) is 13.2. The van der Waals surface area contributed by atoms with Gasteiger partial charge in [0, 0.05) is 11.1 Å². The van der Waals surface area contributed by atoms with E-state index >= 15 is 0 Å². The predicted octanol–water partition coefficient (Wildman–Crippen LogP) is 3.91. The van der Waals surface area contributed by atoms with Gasteiger partial charge >= 0.3 is 18.2 Å². The van der Waals surface area contributed by atoms with Gasteiger partial charge < -0.3 is 30.5 Å². The number of benzene rings is 2. The molecule has 0 spiro atoms.